The van der Waals surface area contributed by atoms with Crippen LogP contribution in [0.3, 0.4) is 0 Å². The Bertz CT molecular complexity index is 716. The second-order valence-corrected chi connectivity index (χ2v) is 5.09. The van der Waals surface area contributed by atoms with Crippen LogP contribution in [0, 0.1) is 6.54 Å². The molecule has 2 rings (SSSR count). The molecule has 0 fully saturated rings. The van der Waals surface area contributed by atoms with Crippen LogP contribution >= 0.6 is 0 Å². The van der Waals surface area contributed by atoms with Crippen molar-refractivity contribution < 1.29 is 14.4 Å². The number of amides is 3. The molecule has 0 spiro atoms. The summed E-state index contributed by atoms with van der Waals surface area (Å²) in [6.07, 6.45) is 0.485. The van der Waals surface area contributed by atoms with E-state index in [1.54, 1.807) is 18.2 Å². The normalized spacial score (nSPS) is 11.2. The third kappa shape index (κ3) is 4.95. The summed E-state index contributed by atoms with van der Waals surface area (Å²) >= 11 is 0. The Labute approximate surface area is 140 Å². The fraction of sp³-hybridized carbons (Fsp3) is 0.111. The van der Waals surface area contributed by atoms with Gasteiger partial charge in [-0.15, -0.1) is 0 Å². The molecule has 0 saturated heterocycles. The predicted octanol–water partition coefficient (Wildman–Crippen LogP) is 2.66. The number of carbonyl (C=O) groups is 3. The maximum atomic E-state index is 12.1. The Morgan fingerprint density at radius 1 is 1.04 bits per heavy atom. The molecule has 24 heavy (non-hydrogen) atoms. The van der Waals surface area contributed by atoms with Gasteiger partial charge in [-0.2, -0.15) is 0 Å². The van der Waals surface area contributed by atoms with Crippen molar-refractivity contribution in [1.29, 1.82) is 0 Å². The van der Waals surface area contributed by atoms with Gasteiger partial charge >= 0.3 is 6.03 Å². The quantitative estimate of drug-likeness (QED) is 0.714. The maximum Gasteiger partial charge on any atom is 0.319 e. The minimum absolute atomic E-state index is 0.153. The average Bonchev–Trinajstić information content (AvgIpc) is 2.60. The van der Waals surface area contributed by atoms with E-state index in [1.807, 2.05) is 37.3 Å². The highest BCUT2D eigenvalue weighted by Crippen LogP contribution is 2.13. The van der Waals surface area contributed by atoms with E-state index in [-0.39, 0.29) is 12.1 Å². The van der Waals surface area contributed by atoms with Crippen LogP contribution < -0.4 is 16.0 Å². The van der Waals surface area contributed by atoms with Gasteiger partial charge in [-0.3, -0.25) is 4.79 Å². The van der Waals surface area contributed by atoms with E-state index in [0.29, 0.717) is 17.5 Å². The minimum Gasteiger partial charge on any atom is -0.340 e. The van der Waals surface area contributed by atoms with Crippen LogP contribution in [0.1, 0.15) is 28.9 Å². The molecule has 0 bridgehead atoms. The molecule has 0 heterocycles. The molecule has 6 heteroatoms. The van der Waals surface area contributed by atoms with Gasteiger partial charge < -0.3 is 20.7 Å². The number of aldehydes is 1. The summed E-state index contributed by atoms with van der Waals surface area (Å²) < 4.78 is 0. The summed E-state index contributed by atoms with van der Waals surface area (Å²) in [5.74, 6) is -0.427. The molecule has 0 aliphatic rings. The first kappa shape index (κ1) is 17.2. The molecule has 1 unspecified atom stereocenters. The average molecular weight is 324 g/mol. The first-order valence-electron chi connectivity index (χ1n) is 7.40. The Kier molecular flexibility index (Phi) is 6.08. The van der Waals surface area contributed by atoms with Crippen LogP contribution in [-0.2, 0) is 4.79 Å². The molecular formula is C18H18N3O3. The van der Waals surface area contributed by atoms with Crippen LogP contribution in [0.25, 0.3) is 0 Å². The van der Waals surface area contributed by atoms with Gasteiger partial charge in [0, 0.05) is 11.3 Å². The molecule has 3 amide bonds. The van der Waals surface area contributed by atoms with Gasteiger partial charge in [0.15, 0.2) is 0 Å². The van der Waals surface area contributed by atoms with Crippen molar-refractivity contribution >= 4 is 23.9 Å². The van der Waals surface area contributed by atoms with Crippen molar-refractivity contribution in [3.05, 3.63) is 72.3 Å². The molecule has 0 saturated carbocycles. The molecule has 1 atom stereocenters. The highest BCUT2D eigenvalue weighted by atomic mass is 16.2. The predicted molar refractivity (Wildman–Crippen MR) is 91.3 cm³/mol. The number of urea groups is 1. The van der Waals surface area contributed by atoms with E-state index in [1.165, 1.54) is 6.07 Å². The maximum absolute atomic E-state index is 12.1. The summed E-state index contributed by atoms with van der Waals surface area (Å²) in [6, 6.07) is 15.5. The second kappa shape index (κ2) is 8.47. The van der Waals surface area contributed by atoms with Crippen molar-refractivity contribution in [3.8, 4) is 0 Å². The van der Waals surface area contributed by atoms with E-state index in [9.17, 15) is 14.4 Å². The van der Waals surface area contributed by atoms with Gasteiger partial charge in [-0.1, -0.05) is 36.4 Å². The van der Waals surface area contributed by atoms with Crippen molar-refractivity contribution in [1.82, 2.24) is 10.6 Å². The van der Waals surface area contributed by atoms with E-state index in [0.717, 1.165) is 12.1 Å². The van der Waals surface area contributed by atoms with Gasteiger partial charge in [0.05, 0.1) is 6.04 Å². The zero-order valence-corrected chi connectivity index (χ0v) is 13.2. The molecule has 1 radical (unpaired) electrons. The number of benzene rings is 2. The van der Waals surface area contributed by atoms with E-state index in [4.69, 9.17) is 0 Å². The molecule has 2 aromatic rings. The number of anilines is 1. The molecule has 3 N–H and O–H groups in total. The van der Waals surface area contributed by atoms with Crippen LogP contribution in [0.15, 0.2) is 54.6 Å². The molecule has 0 aromatic heterocycles. The Morgan fingerprint density at radius 3 is 2.50 bits per heavy atom. The zero-order chi connectivity index (χ0) is 17.4. The van der Waals surface area contributed by atoms with Crippen LogP contribution in [0.2, 0.25) is 0 Å². The Hall–Kier alpha value is -3.15. The number of hydrogen-bond acceptors (Lipinski definition) is 3. The molecule has 123 valence electrons. The number of rotatable bonds is 6. The first-order valence-corrected chi connectivity index (χ1v) is 7.40. The van der Waals surface area contributed by atoms with Crippen molar-refractivity contribution in [3.63, 3.8) is 0 Å². The molecular weight excluding hydrogens is 306 g/mol. The summed E-state index contributed by atoms with van der Waals surface area (Å²) in [5, 5.41) is 7.83. The highest BCUT2D eigenvalue weighted by Gasteiger charge is 2.10. The van der Waals surface area contributed by atoms with Gasteiger partial charge in [0.1, 0.15) is 12.8 Å². The zero-order valence-electron chi connectivity index (χ0n) is 13.2. The van der Waals surface area contributed by atoms with Crippen molar-refractivity contribution in [2.75, 3.05) is 5.32 Å². The SMILES string of the molecule is CC(NC(=O)Nc1cccc(C(=O)N[CH]C=O)c1)c1ccccc1. The van der Waals surface area contributed by atoms with Crippen LogP contribution in [0.4, 0.5) is 10.5 Å². The van der Waals surface area contributed by atoms with E-state index >= 15 is 0 Å². The second-order valence-electron chi connectivity index (χ2n) is 5.09. The first-order chi connectivity index (χ1) is 11.6. The smallest absolute Gasteiger partial charge is 0.319 e. The molecule has 6 nitrogen and oxygen atoms in total. The third-order valence-electron chi connectivity index (χ3n) is 3.31. The third-order valence-corrected chi connectivity index (χ3v) is 3.31. The molecule has 2 aromatic carbocycles. The largest absolute Gasteiger partial charge is 0.340 e. The standard InChI is InChI=1S/C18H18N3O3/c1-13(14-6-3-2-4-7-14)20-18(24)21-16-9-5-8-15(12-16)17(23)19-10-11-22/h2-13H,1H3,(H,19,23)(H2,20,21,24). The minimum atomic E-state index is -0.427. The molecule has 0 aliphatic heterocycles. The fourth-order valence-electron chi connectivity index (χ4n) is 2.12. The summed E-state index contributed by atoms with van der Waals surface area (Å²) in [4.78, 5) is 34.1. The van der Waals surface area contributed by atoms with Gasteiger partial charge in [-0.25, -0.2) is 4.79 Å². The topological polar surface area (TPSA) is 87.3 Å². The molecule has 0 aliphatic carbocycles. The fourth-order valence-corrected chi connectivity index (χ4v) is 2.12. The highest BCUT2D eigenvalue weighted by molar-refractivity contribution is 5.98. The lowest BCUT2D eigenvalue weighted by atomic mass is 10.1. The summed E-state index contributed by atoms with van der Waals surface area (Å²) in [6.45, 7) is 2.89. The van der Waals surface area contributed by atoms with Crippen LogP contribution in [0.5, 0.6) is 0 Å². The number of hydrogen-bond donors (Lipinski definition) is 3. The Balaban J connectivity index is 1.96. The summed E-state index contributed by atoms with van der Waals surface area (Å²) in [5.41, 5.74) is 1.80. The Morgan fingerprint density at radius 2 is 1.79 bits per heavy atom. The van der Waals surface area contributed by atoms with E-state index < -0.39 is 5.91 Å². The summed E-state index contributed by atoms with van der Waals surface area (Å²) in [7, 11) is 0. The van der Waals surface area contributed by atoms with Gasteiger partial charge in [0.25, 0.3) is 5.91 Å². The van der Waals surface area contributed by atoms with E-state index in [2.05, 4.69) is 16.0 Å². The number of nitrogens with one attached hydrogen (secondary N) is 3. The monoisotopic (exact) mass is 324 g/mol. The van der Waals surface area contributed by atoms with Gasteiger partial charge in [-0.05, 0) is 30.7 Å². The van der Waals surface area contributed by atoms with Crippen molar-refractivity contribution in [2.45, 2.75) is 13.0 Å². The lowest BCUT2D eigenvalue weighted by Crippen LogP contribution is -2.31. The van der Waals surface area contributed by atoms with Crippen LogP contribution in [-0.4, -0.2) is 18.2 Å². The van der Waals surface area contributed by atoms with Crippen molar-refractivity contribution in [2.24, 2.45) is 0 Å². The van der Waals surface area contributed by atoms with Gasteiger partial charge in [0.2, 0.25) is 0 Å². The number of carbonyl (C=O) groups excluding carboxylic acids is 3. The lowest BCUT2D eigenvalue weighted by molar-refractivity contribution is -0.105. The lowest BCUT2D eigenvalue weighted by Gasteiger charge is -2.15.